The van der Waals surface area contributed by atoms with Crippen molar-refractivity contribution in [1.82, 2.24) is 10.2 Å². The largest absolute Gasteiger partial charge is 0.497 e. The molecule has 0 aromatic heterocycles. The molecule has 0 heterocycles. The van der Waals surface area contributed by atoms with Gasteiger partial charge in [-0.05, 0) is 59.6 Å². The summed E-state index contributed by atoms with van der Waals surface area (Å²) in [6, 6.07) is 25.8. The molecule has 0 aliphatic heterocycles. The van der Waals surface area contributed by atoms with Crippen LogP contribution in [-0.2, 0) is 29.0 Å². The molecule has 1 N–H and O–H groups in total. The molecule has 3 aromatic carbocycles. The quantitative estimate of drug-likeness (QED) is 0.295. The Kier molecular flexibility index (Phi) is 10.2. The number of benzene rings is 3. The van der Waals surface area contributed by atoms with Crippen molar-refractivity contribution in [2.24, 2.45) is 0 Å². The average molecular weight is 527 g/mol. The highest BCUT2D eigenvalue weighted by molar-refractivity contribution is 5.88. The molecule has 4 rings (SSSR count). The Morgan fingerprint density at radius 2 is 1.59 bits per heavy atom. The number of amides is 2. The van der Waals surface area contributed by atoms with E-state index in [0.29, 0.717) is 31.7 Å². The number of nitrogens with zero attached hydrogens (tertiary/aromatic N) is 1. The van der Waals surface area contributed by atoms with Crippen LogP contribution in [0.15, 0.2) is 78.9 Å². The molecule has 1 aliphatic rings. The number of carbonyl (C=O) groups excluding carboxylic acids is 2. The zero-order valence-corrected chi connectivity index (χ0v) is 23.6. The number of ether oxygens (including phenoxy) is 1. The molecule has 1 fully saturated rings. The molecule has 39 heavy (non-hydrogen) atoms. The van der Waals surface area contributed by atoms with E-state index in [-0.39, 0.29) is 17.9 Å². The van der Waals surface area contributed by atoms with E-state index in [1.165, 1.54) is 5.56 Å². The van der Waals surface area contributed by atoms with Gasteiger partial charge in [0.2, 0.25) is 11.8 Å². The normalized spacial score (nSPS) is 14.3. The lowest BCUT2D eigenvalue weighted by Gasteiger charge is -2.32. The maximum absolute atomic E-state index is 13.9. The predicted molar refractivity (Wildman–Crippen MR) is 157 cm³/mol. The molecule has 1 saturated carbocycles. The van der Waals surface area contributed by atoms with Crippen LogP contribution in [-0.4, -0.2) is 35.9 Å². The Labute approximate surface area is 233 Å². The van der Waals surface area contributed by atoms with Crippen molar-refractivity contribution < 1.29 is 14.3 Å². The van der Waals surface area contributed by atoms with E-state index in [1.54, 1.807) is 12.0 Å². The van der Waals surface area contributed by atoms with Crippen LogP contribution >= 0.6 is 0 Å². The third-order valence-electron chi connectivity index (χ3n) is 7.73. The van der Waals surface area contributed by atoms with Crippen LogP contribution in [0.25, 0.3) is 0 Å². The lowest BCUT2D eigenvalue weighted by Crippen LogP contribution is -2.52. The molecule has 0 unspecified atom stereocenters. The molecule has 5 heteroatoms. The van der Waals surface area contributed by atoms with Gasteiger partial charge in [-0.25, -0.2) is 0 Å². The second-order valence-electron chi connectivity index (χ2n) is 11.0. The maximum Gasteiger partial charge on any atom is 0.243 e. The Hall–Kier alpha value is -3.60. The molecular formula is C34H42N2O3. The summed E-state index contributed by atoms with van der Waals surface area (Å²) >= 11 is 0. The van der Waals surface area contributed by atoms with E-state index in [2.05, 4.69) is 43.4 Å². The summed E-state index contributed by atoms with van der Waals surface area (Å²) in [5.41, 5.74) is 4.40. The second kappa shape index (κ2) is 14.0. The van der Waals surface area contributed by atoms with E-state index in [1.807, 2.05) is 54.6 Å². The lowest BCUT2D eigenvalue weighted by atomic mass is 9.99. The maximum atomic E-state index is 13.9. The number of rotatable bonds is 12. The predicted octanol–water partition coefficient (Wildman–Crippen LogP) is 6.45. The van der Waals surface area contributed by atoms with Crippen LogP contribution in [0, 0.1) is 0 Å². The molecule has 5 nitrogen and oxygen atoms in total. The fourth-order valence-electron chi connectivity index (χ4n) is 5.35. The third-order valence-corrected chi connectivity index (χ3v) is 7.73. The van der Waals surface area contributed by atoms with Gasteiger partial charge in [0.05, 0.1) is 7.11 Å². The molecular weight excluding hydrogens is 484 g/mol. The van der Waals surface area contributed by atoms with Gasteiger partial charge in [0.15, 0.2) is 0 Å². The van der Waals surface area contributed by atoms with Crippen LogP contribution < -0.4 is 10.1 Å². The van der Waals surface area contributed by atoms with Crippen molar-refractivity contribution in [1.29, 1.82) is 0 Å². The van der Waals surface area contributed by atoms with Crippen LogP contribution in [0.5, 0.6) is 5.75 Å². The van der Waals surface area contributed by atoms with Crippen LogP contribution in [0.3, 0.4) is 0 Å². The minimum atomic E-state index is -0.602. The van der Waals surface area contributed by atoms with E-state index >= 15 is 0 Å². The summed E-state index contributed by atoms with van der Waals surface area (Å²) in [5.74, 6) is 1.12. The minimum absolute atomic E-state index is 0.0201. The molecule has 3 aromatic rings. The molecule has 0 spiro atoms. The zero-order valence-electron chi connectivity index (χ0n) is 23.6. The monoisotopic (exact) mass is 526 g/mol. The molecule has 1 atom stereocenters. The van der Waals surface area contributed by atoms with Gasteiger partial charge < -0.3 is 15.0 Å². The first-order valence-electron chi connectivity index (χ1n) is 14.3. The fraction of sp³-hybridized carbons (Fsp3) is 0.412. The average Bonchev–Trinajstić information content (AvgIpc) is 3.47. The highest BCUT2D eigenvalue weighted by atomic mass is 16.5. The van der Waals surface area contributed by atoms with Crippen molar-refractivity contribution in [3.8, 4) is 5.75 Å². The SMILES string of the molecule is COc1cccc(CN(C(=O)CCc2ccc(C(C)C)cc2)[C@@H](Cc2ccccc2)C(=O)NC2CCCC2)c1. The summed E-state index contributed by atoms with van der Waals surface area (Å²) in [6.07, 6.45) is 5.71. The first kappa shape index (κ1) is 28.4. The van der Waals surface area contributed by atoms with E-state index < -0.39 is 6.04 Å². The Morgan fingerprint density at radius 3 is 2.26 bits per heavy atom. The topological polar surface area (TPSA) is 58.6 Å². The fourth-order valence-corrected chi connectivity index (χ4v) is 5.35. The van der Waals surface area contributed by atoms with Gasteiger partial charge in [0.25, 0.3) is 0 Å². The number of nitrogens with one attached hydrogen (secondary N) is 1. The Bertz CT molecular complexity index is 1200. The van der Waals surface area contributed by atoms with Gasteiger partial charge in [-0.2, -0.15) is 0 Å². The van der Waals surface area contributed by atoms with Gasteiger partial charge in [-0.15, -0.1) is 0 Å². The molecule has 0 saturated heterocycles. The highest BCUT2D eigenvalue weighted by Crippen LogP contribution is 2.22. The number of carbonyl (C=O) groups is 2. The number of hydrogen-bond acceptors (Lipinski definition) is 3. The summed E-state index contributed by atoms with van der Waals surface area (Å²) in [4.78, 5) is 29.5. The molecule has 0 radical (unpaired) electrons. The van der Waals surface area contributed by atoms with E-state index in [4.69, 9.17) is 4.74 Å². The molecule has 206 valence electrons. The molecule has 1 aliphatic carbocycles. The summed E-state index contributed by atoms with van der Waals surface area (Å²) in [7, 11) is 1.64. The Morgan fingerprint density at radius 1 is 0.897 bits per heavy atom. The first-order valence-corrected chi connectivity index (χ1v) is 14.3. The third kappa shape index (κ3) is 8.19. The van der Waals surface area contributed by atoms with Crippen LogP contribution in [0.1, 0.15) is 74.1 Å². The van der Waals surface area contributed by atoms with Gasteiger partial charge in [0.1, 0.15) is 11.8 Å². The van der Waals surface area contributed by atoms with Gasteiger partial charge in [-0.3, -0.25) is 9.59 Å². The van der Waals surface area contributed by atoms with Gasteiger partial charge in [0, 0.05) is 25.4 Å². The molecule has 2 amide bonds. The number of hydrogen-bond donors (Lipinski definition) is 1. The standard InChI is InChI=1S/C34H42N2O3/c1-25(2)29-19-16-26(17-20-29)18-21-33(37)36(24-28-12-9-15-31(22-28)39-3)32(23-27-10-5-4-6-11-27)34(38)35-30-13-7-8-14-30/h4-6,9-12,15-17,19-20,22,25,30,32H,7-8,13-14,18,21,23-24H2,1-3H3,(H,35,38)/t32-/m0/s1. The lowest BCUT2D eigenvalue weighted by molar-refractivity contribution is -0.141. The number of aryl methyl sites for hydroxylation is 1. The first-order chi connectivity index (χ1) is 18.9. The van der Waals surface area contributed by atoms with E-state index in [0.717, 1.165) is 48.1 Å². The van der Waals surface area contributed by atoms with Crippen LogP contribution in [0.2, 0.25) is 0 Å². The van der Waals surface area contributed by atoms with Crippen molar-refractivity contribution in [3.05, 3.63) is 101 Å². The summed E-state index contributed by atoms with van der Waals surface area (Å²) in [6.45, 7) is 4.70. The minimum Gasteiger partial charge on any atom is -0.497 e. The van der Waals surface area contributed by atoms with Crippen molar-refractivity contribution >= 4 is 11.8 Å². The Balaban J connectivity index is 1.60. The summed E-state index contributed by atoms with van der Waals surface area (Å²) in [5, 5.41) is 3.28. The van der Waals surface area contributed by atoms with Crippen molar-refractivity contribution in [2.45, 2.75) is 83.3 Å². The van der Waals surface area contributed by atoms with E-state index in [9.17, 15) is 9.59 Å². The highest BCUT2D eigenvalue weighted by Gasteiger charge is 2.32. The smallest absolute Gasteiger partial charge is 0.243 e. The van der Waals surface area contributed by atoms with Crippen molar-refractivity contribution in [2.75, 3.05) is 7.11 Å². The number of methoxy groups -OCH3 is 1. The second-order valence-corrected chi connectivity index (χ2v) is 11.0. The van der Waals surface area contributed by atoms with Gasteiger partial charge in [-0.1, -0.05) is 93.4 Å². The summed E-state index contributed by atoms with van der Waals surface area (Å²) < 4.78 is 5.44. The zero-order chi connectivity index (χ0) is 27.6. The molecule has 0 bridgehead atoms. The van der Waals surface area contributed by atoms with Crippen LogP contribution in [0.4, 0.5) is 0 Å². The van der Waals surface area contributed by atoms with Gasteiger partial charge >= 0.3 is 0 Å². The van der Waals surface area contributed by atoms with Crippen molar-refractivity contribution in [3.63, 3.8) is 0 Å².